The van der Waals surface area contributed by atoms with Crippen molar-refractivity contribution in [2.24, 2.45) is 11.8 Å². The van der Waals surface area contributed by atoms with Gasteiger partial charge < -0.3 is 4.74 Å². The molecule has 0 spiro atoms. The minimum atomic E-state index is -3.88. The van der Waals surface area contributed by atoms with Crippen LogP contribution in [0.15, 0.2) is 12.7 Å². The van der Waals surface area contributed by atoms with Gasteiger partial charge in [0.2, 0.25) is 6.29 Å². The number of esters is 1. The first-order valence-electron chi connectivity index (χ1n) is 11.8. The molecule has 180 valence electrons. The van der Waals surface area contributed by atoms with Crippen molar-refractivity contribution in [2.75, 3.05) is 13.2 Å². The maximum absolute atomic E-state index is 13.5. The van der Waals surface area contributed by atoms with E-state index in [-0.39, 0.29) is 30.7 Å². The molecule has 0 fully saturated rings. The quantitative estimate of drug-likeness (QED) is 0.0661. The van der Waals surface area contributed by atoms with E-state index >= 15 is 0 Å². The summed E-state index contributed by atoms with van der Waals surface area (Å²) in [5, 5.41) is 0. The van der Waals surface area contributed by atoms with E-state index in [1.54, 1.807) is 0 Å². The summed E-state index contributed by atoms with van der Waals surface area (Å²) < 4.78 is 35.9. The van der Waals surface area contributed by atoms with Crippen molar-refractivity contribution in [2.45, 2.75) is 105 Å². The summed E-state index contributed by atoms with van der Waals surface area (Å²) >= 11 is 0. The Morgan fingerprint density at radius 2 is 1.35 bits per heavy atom. The summed E-state index contributed by atoms with van der Waals surface area (Å²) in [6, 6.07) is 0. The van der Waals surface area contributed by atoms with Gasteiger partial charge in [0.25, 0.3) is 0 Å². The Kier molecular flexibility index (Phi) is 21.9. The first kappa shape index (κ1) is 33.1. The Morgan fingerprint density at radius 1 is 0.871 bits per heavy atom. The van der Waals surface area contributed by atoms with Crippen LogP contribution in [0.3, 0.4) is 0 Å². The molecule has 0 aliphatic heterocycles. The standard InChI is InChI=1S/C23H45O6P.Li.H/c1-7-13-16-20(10-4)18-26-30(25,27-19-21(11-5)17-14-8-2)29-23(15-9-3)28-22(24)12-6;;/h12,20-21,23H,6-11,13-19H2,1-5H3;;. The second-order valence-electron chi connectivity index (χ2n) is 7.84. The van der Waals surface area contributed by atoms with Crippen molar-refractivity contribution in [3.63, 3.8) is 0 Å². The molecule has 0 amide bonds. The van der Waals surface area contributed by atoms with Crippen LogP contribution >= 0.6 is 7.82 Å². The molecule has 0 rings (SSSR count). The summed E-state index contributed by atoms with van der Waals surface area (Å²) in [5.74, 6) is -0.0514. The SMILES string of the molecule is C=CC(=O)OC(CCC)OP(=O)(OCC(CC)CCCC)OCC(CC)CCCC.[LiH]. The van der Waals surface area contributed by atoms with Crippen LogP contribution in [0.25, 0.3) is 0 Å². The summed E-state index contributed by atoms with van der Waals surface area (Å²) in [4.78, 5) is 11.7. The van der Waals surface area contributed by atoms with E-state index in [9.17, 15) is 9.36 Å². The summed E-state index contributed by atoms with van der Waals surface area (Å²) in [6.45, 7) is 14.4. The van der Waals surface area contributed by atoms with Gasteiger partial charge in [0.05, 0.1) is 13.2 Å². The van der Waals surface area contributed by atoms with E-state index in [2.05, 4.69) is 34.3 Å². The third-order valence-electron chi connectivity index (χ3n) is 5.21. The van der Waals surface area contributed by atoms with Crippen molar-refractivity contribution < 1.29 is 27.7 Å². The van der Waals surface area contributed by atoms with Gasteiger partial charge >= 0.3 is 32.7 Å². The fraction of sp³-hybridized carbons (Fsp3) is 0.870. The molecule has 0 aliphatic carbocycles. The zero-order valence-electron chi connectivity index (χ0n) is 19.9. The van der Waals surface area contributed by atoms with Gasteiger partial charge in [0.1, 0.15) is 0 Å². The molecular formula is C23H46LiO6P. The van der Waals surface area contributed by atoms with Crippen LogP contribution in [0.2, 0.25) is 0 Å². The summed E-state index contributed by atoms with van der Waals surface area (Å²) in [7, 11) is -3.88. The van der Waals surface area contributed by atoms with Gasteiger partial charge in [-0.05, 0) is 24.7 Å². The predicted molar refractivity (Wildman–Crippen MR) is 129 cm³/mol. The number of phosphoric ester groups is 1. The molecule has 0 radical (unpaired) electrons. The van der Waals surface area contributed by atoms with Gasteiger partial charge in [-0.1, -0.05) is 86.1 Å². The Balaban J connectivity index is 0. The van der Waals surface area contributed by atoms with Crippen LogP contribution in [0.4, 0.5) is 0 Å². The number of phosphoric acid groups is 1. The first-order chi connectivity index (χ1) is 14.4. The fourth-order valence-electron chi connectivity index (χ4n) is 2.98. The Morgan fingerprint density at radius 3 is 1.71 bits per heavy atom. The molecule has 0 aromatic carbocycles. The van der Waals surface area contributed by atoms with Crippen molar-refractivity contribution in [3.8, 4) is 0 Å². The van der Waals surface area contributed by atoms with Gasteiger partial charge in [-0.15, -0.1) is 0 Å². The molecule has 31 heavy (non-hydrogen) atoms. The van der Waals surface area contributed by atoms with E-state index in [0.29, 0.717) is 26.1 Å². The van der Waals surface area contributed by atoms with Crippen molar-refractivity contribution in [3.05, 3.63) is 12.7 Å². The topological polar surface area (TPSA) is 71.1 Å². The molecule has 0 heterocycles. The molecule has 0 aliphatic rings. The fourth-order valence-corrected chi connectivity index (χ4v) is 4.40. The van der Waals surface area contributed by atoms with Gasteiger partial charge in [-0.3, -0.25) is 9.05 Å². The molecule has 0 N–H and O–H groups in total. The van der Waals surface area contributed by atoms with Crippen LogP contribution in [0, 0.1) is 11.8 Å². The number of carbonyl (C=O) groups excluding carboxylic acids is 1. The average Bonchev–Trinajstić information content (AvgIpc) is 2.74. The summed E-state index contributed by atoms with van der Waals surface area (Å²) in [6.07, 6.45) is 9.43. The predicted octanol–water partition coefficient (Wildman–Crippen LogP) is 6.78. The van der Waals surface area contributed by atoms with Crippen molar-refractivity contribution in [1.29, 1.82) is 0 Å². The van der Waals surface area contributed by atoms with Crippen molar-refractivity contribution in [1.82, 2.24) is 0 Å². The molecule has 3 unspecified atom stereocenters. The van der Waals surface area contributed by atoms with Gasteiger partial charge in [-0.2, -0.15) is 0 Å². The number of carbonyl (C=O) groups is 1. The maximum atomic E-state index is 13.5. The third-order valence-corrected chi connectivity index (χ3v) is 6.63. The van der Waals surface area contributed by atoms with Crippen molar-refractivity contribution >= 4 is 32.7 Å². The van der Waals surface area contributed by atoms with Gasteiger partial charge in [0, 0.05) is 12.5 Å². The van der Waals surface area contributed by atoms with E-state index in [1.807, 2.05) is 6.92 Å². The second-order valence-corrected chi connectivity index (χ2v) is 9.46. The average molecular weight is 457 g/mol. The number of ether oxygens (including phenoxy) is 1. The minimum absolute atomic E-state index is 0. The first-order valence-corrected chi connectivity index (χ1v) is 13.2. The number of hydrogen-bond donors (Lipinski definition) is 0. The Bertz CT molecular complexity index is 478. The number of hydrogen-bond acceptors (Lipinski definition) is 6. The molecule has 8 heteroatoms. The zero-order valence-corrected chi connectivity index (χ0v) is 20.8. The Hall–Kier alpha value is -0.0826. The number of rotatable bonds is 20. The second kappa shape index (κ2) is 20.5. The van der Waals surface area contributed by atoms with Crippen LogP contribution in [0.5, 0.6) is 0 Å². The molecule has 0 saturated carbocycles. The van der Waals surface area contributed by atoms with E-state index < -0.39 is 20.1 Å². The van der Waals surface area contributed by atoms with E-state index in [0.717, 1.165) is 57.4 Å². The third kappa shape index (κ3) is 16.2. The molecule has 6 nitrogen and oxygen atoms in total. The molecule has 0 saturated heterocycles. The number of unbranched alkanes of at least 4 members (excludes halogenated alkanes) is 2. The van der Waals surface area contributed by atoms with E-state index in [1.165, 1.54) is 0 Å². The van der Waals surface area contributed by atoms with E-state index in [4.69, 9.17) is 18.3 Å². The Labute approximate surface area is 203 Å². The van der Waals surface area contributed by atoms with Crippen LogP contribution in [-0.4, -0.2) is 44.3 Å². The van der Waals surface area contributed by atoms with Crippen LogP contribution in [0.1, 0.15) is 98.8 Å². The molecule has 3 atom stereocenters. The summed E-state index contributed by atoms with van der Waals surface area (Å²) in [5.41, 5.74) is 0. The van der Waals surface area contributed by atoms with Gasteiger partial charge in [-0.25, -0.2) is 13.9 Å². The molecule has 0 bridgehead atoms. The normalized spacial score (nSPS) is 15.9. The monoisotopic (exact) mass is 456 g/mol. The van der Waals surface area contributed by atoms with Gasteiger partial charge in [0.15, 0.2) is 0 Å². The molecular weight excluding hydrogens is 410 g/mol. The van der Waals surface area contributed by atoms with Crippen LogP contribution < -0.4 is 0 Å². The molecule has 0 aromatic heterocycles. The zero-order chi connectivity index (χ0) is 22.8. The van der Waals surface area contributed by atoms with Crippen LogP contribution in [-0.2, 0) is 27.7 Å². The molecule has 0 aromatic rings.